The average molecular weight is 327 g/mol. The summed E-state index contributed by atoms with van der Waals surface area (Å²) in [4.78, 5) is -0.341. The number of rotatable bonds is 2. The number of nitrogens with zero attached hydrogens (tertiary/aromatic N) is 1. The van der Waals surface area contributed by atoms with Crippen molar-refractivity contribution in [2.45, 2.75) is 30.8 Å². The Morgan fingerprint density at radius 1 is 1.10 bits per heavy atom. The van der Waals surface area contributed by atoms with Crippen LogP contribution in [-0.4, -0.2) is 37.9 Å². The highest BCUT2D eigenvalue weighted by Crippen LogP contribution is 2.20. The molecule has 0 aromatic heterocycles. The van der Waals surface area contributed by atoms with Gasteiger partial charge in [-0.3, -0.25) is 0 Å². The van der Waals surface area contributed by atoms with Crippen molar-refractivity contribution in [2.24, 2.45) is 0 Å². The summed E-state index contributed by atoms with van der Waals surface area (Å²) >= 11 is 0. The van der Waals surface area contributed by atoms with Crippen LogP contribution >= 0.6 is 12.4 Å². The van der Waals surface area contributed by atoms with Crippen LogP contribution in [0.25, 0.3) is 0 Å². The van der Waals surface area contributed by atoms with Gasteiger partial charge in [-0.1, -0.05) is 0 Å². The fourth-order valence-corrected chi connectivity index (χ4v) is 3.96. The number of piperazine rings is 1. The Bertz CT molecular complexity index is 553. The van der Waals surface area contributed by atoms with Crippen LogP contribution in [0.2, 0.25) is 0 Å². The van der Waals surface area contributed by atoms with Crippen LogP contribution in [0.5, 0.6) is 0 Å². The monoisotopic (exact) mass is 326 g/mol. The first kappa shape index (κ1) is 17.3. The van der Waals surface area contributed by atoms with Crippen LogP contribution in [0.1, 0.15) is 13.8 Å². The molecule has 2 atom stereocenters. The lowest BCUT2D eigenvalue weighted by Gasteiger charge is -2.35. The summed E-state index contributed by atoms with van der Waals surface area (Å²) in [6.45, 7) is 4.30. The average Bonchev–Trinajstić information content (AvgIpc) is 2.26. The van der Waals surface area contributed by atoms with Crippen LogP contribution in [0.15, 0.2) is 23.1 Å². The third kappa shape index (κ3) is 3.66. The number of nitrogens with one attached hydrogen (secondary N) is 1. The van der Waals surface area contributed by atoms with Gasteiger partial charge in [-0.2, -0.15) is 4.31 Å². The maximum absolute atomic E-state index is 13.1. The van der Waals surface area contributed by atoms with E-state index >= 15 is 0 Å². The fraction of sp³-hybridized carbons (Fsp3) is 0.500. The Morgan fingerprint density at radius 3 is 2.00 bits per heavy atom. The maximum atomic E-state index is 13.1. The molecule has 0 spiro atoms. The third-order valence-corrected chi connectivity index (χ3v) is 4.81. The van der Waals surface area contributed by atoms with Gasteiger partial charge in [0.2, 0.25) is 10.0 Å². The van der Waals surface area contributed by atoms with Gasteiger partial charge in [0, 0.05) is 31.2 Å². The summed E-state index contributed by atoms with van der Waals surface area (Å²) in [5.74, 6) is -1.79. The molecule has 1 aliphatic heterocycles. The van der Waals surface area contributed by atoms with E-state index in [1.165, 1.54) is 4.31 Å². The molecule has 114 valence electrons. The second-order valence-electron chi connectivity index (χ2n) is 4.90. The number of hydrogen-bond donors (Lipinski definition) is 1. The van der Waals surface area contributed by atoms with Gasteiger partial charge in [-0.15, -0.1) is 12.4 Å². The van der Waals surface area contributed by atoms with Crippen molar-refractivity contribution in [3.05, 3.63) is 29.8 Å². The van der Waals surface area contributed by atoms with Gasteiger partial charge in [0.25, 0.3) is 0 Å². The Hall–Kier alpha value is -0.760. The second-order valence-corrected chi connectivity index (χ2v) is 6.83. The molecule has 1 aromatic rings. The molecular formula is C12H17ClF2N2O2S. The SMILES string of the molecule is CC1CN(S(=O)(=O)c2cc(F)cc(F)c2)CC(C)N1.Cl. The van der Waals surface area contributed by atoms with E-state index in [1.807, 2.05) is 13.8 Å². The zero-order valence-corrected chi connectivity index (χ0v) is 12.8. The van der Waals surface area contributed by atoms with Crippen LogP contribution in [-0.2, 0) is 10.0 Å². The molecule has 0 saturated carbocycles. The first-order chi connectivity index (χ1) is 8.79. The first-order valence-corrected chi connectivity index (χ1v) is 7.45. The minimum Gasteiger partial charge on any atom is -0.309 e. The van der Waals surface area contributed by atoms with Crippen molar-refractivity contribution in [1.29, 1.82) is 0 Å². The maximum Gasteiger partial charge on any atom is 0.243 e. The number of benzene rings is 1. The van der Waals surface area contributed by atoms with Gasteiger partial charge in [-0.25, -0.2) is 17.2 Å². The summed E-state index contributed by atoms with van der Waals surface area (Å²) in [7, 11) is -3.86. The lowest BCUT2D eigenvalue weighted by molar-refractivity contribution is 0.263. The van der Waals surface area contributed by atoms with E-state index in [0.29, 0.717) is 6.07 Å². The molecule has 1 N–H and O–H groups in total. The molecule has 1 heterocycles. The van der Waals surface area contributed by atoms with Crippen LogP contribution in [0.3, 0.4) is 0 Å². The summed E-state index contributed by atoms with van der Waals surface area (Å²) in [5, 5.41) is 3.20. The van der Waals surface area contributed by atoms with Crippen LogP contribution in [0, 0.1) is 11.6 Å². The quantitative estimate of drug-likeness (QED) is 0.901. The predicted octanol–water partition coefficient (Wildman–Crippen LogP) is 1.76. The smallest absolute Gasteiger partial charge is 0.243 e. The van der Waals surface area contributed by atoms with Crippen molar-refractivity contribution in [3.63, 3.8) is 0 Å². The van der Waals surface area contributed by atoms with E-state index in [2.05, 4.69) is 5.32 Å². The normalized spacial score (nSPS) is 24.2. The highest BCUT2D eigenvalue weighted by molar-refractivity contribution is 7.89. The molecule has 20 heavy (non-hydrogen) atoms. The summed E-state index contributed by atoms with van der Waals surface area (Å²) in [5.41, 5.74) is 0. The first-order valence-electron chi connectivity index (χ1n) is 6.01. The Balaban J connectivity index is 0.00000200. The van der Waals surface area contributed by atoms with Gasteiger partial charge in [-0.05, 0) is 26.0 Å². The number of halogens is 3. The lowest BCUT2D eigenvalue weighted by atomic mass is 10.2. The molecule has 0 bridgehead atoms. The van der Waals surface area contributed by atoms with Gasteiger partial charge in [0.15, 0.2) is 0 Å². The molecule has 1 aromatic carbocycles. The zero-order chi connectivity index (χ0) is 14.2. The third-order valence-electron chi connectivity index (χ3n) is 3.00. The highest BCUT2D eigenvalue weighted by atomic mass is 35.5. The molecule has 2 rings (SSSR count). The second kappa shape index (κ2) is 6.34. The molecule has 1 aliphatic rings. The summed E-state index contributed by atoms with van der Waals surface area (Å²) in [6, 6.07) is 2.34. The van der Waals surface area contributed by atoms with Gasteiger partial charge in [0.05, 0.1) is 4.90 Å². The van der Waals surface area contributed by atoms with Crippen molar-refractivity contribution in [3.8, 4) is 0 Å². The fourth-order valence-electron chi connectivity index (χ4n) is 2.30. The van der Waals surface area contributed by atoms with Gasteiger partial charge < -0.3 is 5.32 Å². The van der Waals surface area contributed by atoms with E-state index in [1.54, 1.807) is 0 Å². The molecule has 0 radical (unpaired) electrons. The largest absolute Gasteiger partial charge is 0.309 e. The van der Waals surface area contributed by atoms with Crippen molar-refractivity contribution >= 4 is 22.4 Å². The van der Waals surface area contributed by atoms with Crippen LogP contribution in [0.4, 0.5) is 8.78 Å². The van der Waals surface area contributed by atoms with E-state index < -0.39 is 21.7 Å². The molecule has 0 aliphatic carbocycles. The van der Waals surface area contributed by atoms with Crippen molar-refractivity contribution in [1.82, 2.24) is 9.62 Å². The molecular weight excluding hydrogens is 310 g/mol. The van der Waals surface area contributed by atoms with Gasteiger partial charge in [0.1, 0.15) is 11.6 Å². The number of hydrogen-bond acceptors (Lipinski definition) is 3. The van der Waals surface area contributed by atoms with E-state index in [9.17, 15) is 17.2 Å². The minimum atomic E-state index is -3.86. The molecule has 8 heteroatoms. The standard InChI is InChI=1S/C12H16F2N2O2S.ClH/c1-8-6-16(7-9(2)15-8)19(17,18)12-4-10(13)3-11(14)5-12;/h3-5,8-9,15H,6-7H2,1-2H3;1H. The molecule has 0 amide bonds. The molecule has 4 nitrogen and oxygen atoms in total. The summed E-state index contributed by atoms with van der Waals surface area (Å²) < 4.78 is 52.2. The molecule has 2 unspecified atom stereocenters. The Morgan fingerprint density at radius 2 is 1.55 bits per heavy atom. The lowest BCUT2D eigenvalue weighted by Crippen LogP contribution is -2.55. The van der Waals surface area contributed by atoms with E-state index in [-0.39, 0.29) is 42.5 Å². The zero-order valence-electron chi connectivity index (χ0n) is 11.1. The van der Waals surface area contributed by atoms with Gasteiger partial charge >= 0.3 is 0 Å². The van der Waals surface area contributed by atoms with Crippen molar-refractivity contribution < 1.29 is 17.2 Å². The predicted molar refractivity (Wildman–Crippen MR) is 74.4 cm³/mol. The Labute approximate surface area is 123 Å². The topological polar surface area (TPSA) is 49.4 Å². The number of sulfonamides is 1. The van der Waals surface area contributed by atoms with Crippen molar-refractivity contribution in [2.75, 3.05) is 13.1 Å². The molecule has 1 saturated heterocycles. The van der Waals surface area contributed by atoms with E-state index in [0.717, 1.165) is 12.1 Å². The highest BCUT2D eigenvalue weighted by Gasteiger charge is 2.31. The summed E-state index contributed by atoms with van der Waals surface area (Å²) in [6.07, 6.45) is 0. The Kier molecular flexibility index (Phi) is 5.48. The van der Waals surface area contributed by atoms with E-state index in [4.69, 9.17) is 0 Å². The molecule has 1 fully saturated rings. The minimum absolute atomic E-state index is 0. The van der Waals surface area contributed by atoms with Crippen LogP contribution < -0.4 is 5.32 Å².